The van der Waals surface area contributed by atoms with Gasteiger partial charge in [0.2, 0.25) is 0 Å². The van der Waals surface area contributed by atoms with E-state index in [0.29, 0.717) is 2.06 Å². The summed E-state index contributed by atoms with van der Waals surface area (Å²) in [5.74, 6) is 0. The molecule has 0 fully saturated rings. The number of rotatable bonds is 3. The van der Waals surface area contributed by atoms with Crippen molar-refractivity contribution in [3.05, 3.63) is 29.8 Å². The van der Waals surface area contributed by atoms with E-state index in [1.54, 1.807) is 0 Å². The lowest BCUT2D eigenvalue weighted by Gasteiger charge is -2.08. The van der Waals surface area contributed by atoms with E-state index < -0.39 is 0 Å². The zero-order valence-electron chi connectivity index (χ0n) is 6.64. The van der Waals surface area contributed by atoms with Gasteiger partial charge < -0.3 is 5.43 Å². The van der Waals surface area contributed by atoms with Gasteiger partial charge in [-0.15, -0.1) is 0 Å². The molecule has 0 spiro atoms. The monoisotopic (exact) mass is 388 g/mol. The molecule has 1 aromatic rings. The number of anilines is 1. The fraction of sp³-hybridized carbons (Fsp3) is 0.250. The minimum atomic E-state index is 0.390. The molecule has 1 rings (SSSR count). The Hall–Kier alpha value is 0.440. The zero-order chi connectivity index (χ0) is 8.97. The number of halogens is 2. The Morgan fingerprint density at radius 1 is 1.17 bits per heavy atom. The molecule has 0 atom stereocenters. The molecule has 0 heterocycles. The first-order valence-electron chi connectivity index (χ1n) is 3.55. The molecule has 0 saturated heterocycles. The number of benzene rings is 1. The first-order chi connectivity index (χ1) is 5.68. The predicted octanol–water partition coefficient (Wildman–Crippen LogP) is 3.07. The number of aryl methyl sites for hydroxylation is 1. The second kappa shape index (κ2) is 5.23. The lowest BCUT2D eigenvalue weighted by atomic mass is 10.2. The van der Waals surface area contributed by atoms with Crippen LogP contribution in [0.1, 0.15) is 5.56 Å². The summed E-state index contributed by atoms with van der Waals surface area (Å²) in [5.41, 5.74) is 8.59. The van der Waals surface area contributed by atoms with Crippen LogP contribution in [0.25, 0.3) is 0 Å². The van der Waals surface area contributed by atoms with Crippen LogP contribution in [0.3, 0.4) is 0 Å². The van der Waals surface area contributed by atoms with E-state index >= 15 is 0 Å². The fourth-order valence-corrected chi connectivity index (χ4v) is 1.09. The van der Waals surface area contributed by atoms with Crippen LogP contribution >= 0.6 is 45.2 Å². The SMILES string of the molecule is Cc1ccc(NNC(I)I)cc1. The molecular formula is C8H10I2N2. The summed E-state index contributed by atoms with van der Waals surface area (Å²) in [6, 6.07) is 8.27. The summed E-state index contributed by atoms with van der Waals surface area (Å²) >= 11 is 4.58. The molecule has 0 aliphatic heterocycles. The quantitative estimate of drug-likeness (QED) is 0.360. The topological polar surface area (TPSA) is 24.1 Å². The maximum absolute atomic E-state index is 3.11. The summed E-state index contributed by atoms with van der Waals surface area (Å²) in [6.45, 7) is 2.08. The Kier molecular flexibility index (Phi) is 4.59. The molecule has 2 N–H and O–H groups in total. The Labute approximate surface area is 99.8 Å². The van der Waals surface area contributed by atoms with Crippen LogP contribution in [0.4, 0.5) is 5.69 Å². The third kappa shape index (κ3) is 3.90. The van der Waals surface area contributed by atoms with Crippen molar-refractivity contribution in [3.8, 4) is 0 Å². The van der Waals surface area contributed by atoms with Gasteiger partial charge in [0, 0.05) is 5.69 Å². The highest BCUT2D eigenvalue weighted by Gasteiger charge is 1.94. The number of nitrogens with one attached hydrogen (secondary N) is 2. The molecule has 0 amide bonds. The molecule has 66 valence electrons. The second-order valence-corrected chi connectivity index (χ2v) is 7.31. The van der Waals surface area contributed by atoms with Gasteiger partial charge in [-0.25, -0.2) is 5.43 Å². The Morgan fingerprint density at radius 3 is 2.25 bits per heavy atom. The van der Waals surface area contributed by atoms with E-state index in [-0.39, 0.29) is 0 Å². The molecule has 12 heavy (non-hydrogen) atoms. The van der Waals surface area contributed by atoms with Crippen molar-refractivity contribution in [1.29, 1.82) is 0 Å². The lowest BCUT2D eigenvalue weighted by molar-refractivity contribution is 0.951. The van der Waals surface area contributed by atoms with Gasteiger partial charge in [-0.2, -0.15) is 0 Å². The van der Waals surface area contributed by atoms with E-state index in [2.05, 4.69) is 87.2 Å². The van der Waals surface area contributed by atoms with Gasteiger partial charge in [0.25, 0.3) is 0 Å². The zero-order valence-corrected chi connectivity index (χ0v) is 11.0. The highest BCUT2D eigenvalue weighted by molar-refractivity contribution is 14.2. The van der Waals surface area contributed by atoms with Crippen LogP contribution in [0.15, 0.2) is 24.3 Å². The minimum absolute atomic E-state index is 0.390. The molecule has 4 heteroatoms. The van der Waals surface area contributed by atoms with Crippen molar-refractivity contribution < 1.29 is 0 Å². The van der Waals surface area contributed by atoms with Crippen molar-refractivity contribution >= 4 is 50.9 Å². The van der Waals surface area contributed by atoms with Crippen LogP contribution in [0.5, 0.6) is 0 Å². The summed E-state index contributed by atoms with van der Waals surface area (Å²) in [6.07, 6.45) is 0. The average Bonchev–Trinajstić information content (AvgIpc) is 2.03. The molecule has 0 unspecified atom stereocenters. The molecule has 0 bridgehead atoms. The maximum Gasteiger partial charge on any atom is 0.128 e. The Bertz CT molecular complexity index is 233. The van der Waals surface area contributed by atoms with Crippen LogP contribution < -0.4 is 10.9 Å². The van der Waals surface area contributed by atoms with Crippen LogP contribution in [0, 0.1) is 6.92 Å². The van der Waals surface area contributed by atoms with Crippen molar-refractivity contribution in [2.45, 2.75) is 8.98 Å². The molecule has 1 aromatic carbocycles. The van der Waals surface area contributed by atoms with E-state index in [1.165, 1.54) is 5.56 Å². The van der Waals surface area contributed by atoms with Gasteiger partial charge in [0.15, 0.2) is 0 Å². The maximum atomic E-state index is 3.11. The summed E-state index contributed by atoms with van der Waals surface area (Å²) in [4.78, 5) is 0. The number of hydrogen-bond acceptors (Lipinski definition) is 2. The Morgan fingerprint density at radius 2 is 1.75 bits per heavy atom. The second-order valence-electron chi connectivity index (χ2n) is 2.44. The van der Waals surface area contributed by atoms with E-state index in [0.717, 1.165) is 5.69 Å². The van der Waals surface area contributed by atoms with Gasteiger partial charge in [0.1, 0.15) is 2.06 Å². The van der Waals surface area contributed by atoms with E-state index in [1.807, 2.05) is 0 Å². The third-order valence-corrected chi connectivity index (χ3v) is 2.00. The fourth-order valence-electron chi connectivity index (χ4n) is 0.775. The van der Waals surface area contributed by atoms with E-state index in [4.69, 9.17) is 0 Å². The largest absolute Gasteiger partial charge is 0.320 e. The molecule has 2 nitrogen and oxygen atoms in total. The van der Waals surface area contributed by atoms with Crippen molar-refractivity contribution in [2.24, 2.45) is 0 Å². The van der Waals surface area contributed by atoms with Gasteiger partial charge in [-0.3, -0.25) is 0 Å². The highest BCUT2D eigenvalue weighted by Crippen LogP contribution is 2.09. The lowest BCUT2D eigenvalue weighted by Crippen LogP contribution is -2.24. The van der Waals surface area contributed by atoms with Crippen LogP contribution in [-0.4, -0.2) is 2.06 Å². The highest BCUT2D eigenvalue weighted by atomic mass is 127. The Balaban J connectivity index is 2.48. The molecule has 0 saturated carbocycles. The van der Waals surface area contributed by atoms with Crippen molar-refractivity contribution in [3.63, 3.8) is 0 Å². The first-order valence-corrected chi connectivity index (χ1v) is 6.04. The average molecular weight is 388 g/mol. The van der Waals surface area contributed by atoms with Crippen LogP contribution in [0.2, 0.25) is 0 Å². The normalized spacial score (nSPS) is 10.3. The summed E-state index contributed by atoms with van der Waals surface area (Å²) in [5, 5.41) is 0. The molecule has 0 aromatic heterocycles. The van der Waals surface area contributed by atoms with Gasteiger partial charge in [-0.05, 0) is 19.1 Å². The number of alkyl halides is 2. The van der Waals surface area contributed by atoms with Crippen LogP contribution in [-0.2, 0) is 0 Å². The molecule has 0 aliphatic carbocycles. The third-order valence-electron chi connectivity index (χ3n) is 1.38. The number of hydrazine groups is 1. The van der Waals surface area contributed by atoms with Crippen molar-refractivity contribution in [1.82, 2.24) is 5.43 Å². The van der Waals surface area contributed by atoms with Gasteiger partial charge in [-0.1, -0.05) is 62.9 Å². The minimum Gasteiger partial charge on any atom is -0.320 e. The predicted molar refractivity (Wildman–Crippen MR) is 69.8 cm³/mol. The summed E-state index contributed by atoms with van der Waals surface area (Å²) in [7, 11) is 0. The molecule has 0 radical (unpaired) electrons. The smallest absolute Gasteiger partial charge is 0.128 e. The number of hydrogen-bond donors (Lipinski definition) is 2. The van der Waals surface area contributed by atoms with Crippen molar-refractivity contribution in [2.75, 3.05) is 5.43 Å². The first kappa shape index (κ1) is 10.5. The summed E-state index contributed by atoms with van der Waals surface area (Å²) < 4.78 is 0.390. The van der Waals surface area contributed by atoms with Gasteiger partial charge >= 0.3 is 0 Å². The standard InChI is InChI=1S/C8H10I2N2/c1-6-2-4-7(5-3-6)11-12-8(9)10/h2-5,8,11-12H,1H3. The van der Waals surface area contributed by atoms with Gasteiger partial charge in [0.05, 0.1) is 0 Å². The van der Waals surface area contributed by atoms with E-state index in [9.17, 15) is 0 Å². The molecule has 0 aliphatic rings. The molecular weight excluding hydrogens is 378 g/mol.